The largest absolute Gasteiger partial charge is 0.365 e. The van der Waals surface area contributed by atoms with Gasteiger partial charge in [-0.05, 0) is 18.6 Å². The zero-order chi connectivity index (χ0) is 20.6. The number of aromatic nitrogens is 2. The lowest BCUT2D eigenvalue weighted by atomic mass is 10.1. The number of unbranched alkanes of at least 4 members (excludes halogenated alkanes) is 4. The molecule has 0 atom stereocenters. The minimum Gasteiger partial charge on any atom is -0.365 e. The first-order chi connectivity index (χ1) is 14.1. The lowest BCUT2D eigenvalue weighted by Gasteiger charge is -2.36. The van der Waals surface area contributed by atoms with Gasteiger partial charge in [0.05, 0.1) is 17.6 Å². The lowest BCUT2D eigenvalue weighted by Crippen LogP contribution is -2.49. The molecule has 29 heavy (non-hydrogen) atoms. The molecule has 1 fully saturated rings. The Labute approximate surface area is 177 Å². The summed E-state index contributed by atoms with van der Waals surface area (Å²) in [6.45, 7) is 4.78. The van der Waals surface area contributed by atoms with Crippen LogP contribution in [0.15, 0.2) is 41.3 Å². The summed E-state index contributed by atoms with van der Waals surface area (Å²) in [7, 11) is 0. The molecule has 0 unspecified atom stereocenters. The van der Waals surface area contributed by atoms with Crippen LogP contribution in [0.2, 0.25) is 5.02 Å². The van der Waals surface area contributed by atoms with Gasteiger partial charge in [0.25, 0.3) is 5.56 Å². The van der Waals surface area contributed by atoms with Gasteiger partial charge in [-0.2, -0.15) is 9.78 Å². The molecule has 0 aliphatic carbocycles. The molecule has 1 aromatic heterocycles. The SMILES string of the molecule is CCCCCCCC(=O)N1CCN(c2cnn(-c3ccccc3)c(=O)c2Cl)CC1. The summed E-state index contributed by atoms with van der Waals surface area (Å²) in [6.07, 6.45) is 8.01. The molecule has 1 saturated heterocycles. The van der Waals surface area contributed by atoms with E-state index < -0.39 is 0 Å². The summed E-state index contributed by atoms with van der Waals surface area (Å²) in [5.41, 5.74) is 0.983. The third-order valence-corrected chi connectivity index (χ3v) is 5.72. The van der Waals surface area contributed by atoms with Crippen LogP contribution in [0.3, 0.4) is 0 Å². The van der Waals surface area contributed by atoms with Crippen molar-refractivity contribution >= 4 is 23.2 Å². The number of para-hydroxylation sites is 1. The molecular weight excluding hydrogens is 388 g/mol. The molecule has 0 saturated carbocycles. The van der Waals surface area contributed by atoms with Crippen LogP contribution in [-0.4, -0.2) is 46.8 Å². The third kappa shape index (κ3) is 5.38. The Hall–Kier alpha value is -2.34. The van der Waals surface area contributed by atoms with Crippen LogP contribution in [0.4, 0.5) is 5.69 Å². The molecule has 2 aromatic rings. The zero-order valence-electron chi connectivity index (χ0n) is 17.0. The van der Waals surface area contributed by atoms with Crippen LogP contribution in [0, 0.1) is 0 Å². The number of piperazine rings is 1. The Morgan fingerprint density at radius 1 is 1.03 bits per heavy atom. The van der Waals surface area contributed by atoms with E-state index in [0.717, 1.165) is 12.8 Å². The molecule has 156 valence electrons. The molecule has 0 radical (unpaired) electrons. The van der Waals surface area contributed by atoms with Gasteiger partial charge in [-0.15, -0.1) is 0 Å². The van der Waals surface area contributed by atoms with Crippen LogP contribution in [0.1, 0.15) is 45.4 Å². The van der Waals surface area contributed by atoms with Crippen molar-refractivity contribution in [3.63, 3.8) is 0 Å². The fourth-order valence-corrected chi connectivity index (χ4v) is 3.88. The van der Waals surface area contributed by atoms with Gasteiger partial charge in [0, 0.05) is 32.6 Å². The molecule has 1 aromatic carbocycles. The van der Waals surface area contributed by atoms with Crippen LogP contribution in [0.25, 0.3) is 5.69 Å². The fraction of sp³-hybridized carbons (Fsp3) is 0.500. The normalized spacial score (nSPS) is 14.3. The van der Waals surface area contributed by atoms with E-state index in [1.807, 2.05) is 40.1 Å². The van der Waals surface area contributed by atoms with Crippen molar-refractivity contribution in [3.8, 4) is 5.69 Å². The topological polar surface area (TPSA) is 58.4 Å². The van der Waals surface area contributed by atoms with Gasteiger partial charge in [0.15, 0.2) is 0 Å². The zero-order valence-corrected chi connectivity index (χ0v) is 17.8. The summed E-state index contributed by atoms with van der Waals surface area (Å²) in [5, 5.41) is 4.47. The van der Waals surface area contributed by atoms with E-state index in [2.05, 4.69) is 12.0 Å². The predicted molar refractivity (Wildman–Crippen MR) is 117 cm³/mol. The first-order valence-corrected chi connectivity index (χ1v) is 10.9. The number of hydrogen-bond acceptors (Lipinski definition) is 4. The minimum absolute atomic E-state index is 0.166. The van der Waals surface area contributed by atoms with E-state index in [0.29, 0.717) is 44.0 Å². The number of halogens is 1. The summed E-state index contributed by atoms with van der Waals surface area (Å²) in [4.78, 5) is 29.0. The third-order valence-electron chi connectivity index (χ3n) is 5.37. The summed E-state index contributed by atoms with van der Waals surface area (Å²) in [6, 6.07) is 9.22. The van der Waals surface area contributed by atoms with Crippen LogP contribution < -0.4 is 10.5 Å². The number of amides is 1. The van der Waals surface area contributed by atoms with Gasteiger partial charge >= 0.3 is 0 Å². The number of carbonyl (C=O) groups is 1. The molecule has 6 nitrogen and oxygen atoms in total. The van der Waals surface area contributed by atoms with Gasteiger partial charge in [-0.1, -0.05) is 62.4 Å². The lowest BCUT2D eigenvalue weighted by molar-refractivity contribution is -0.131. The van der Waals surface area contributed by atoms with Crippen molar-refractivity contribution < 1.29 is 4.79 Å². The van der Waals surface area contributed by atoms with Gasteiger partial charge in [-0.25, -0.2) is 0 Å². The quantitative estimate of drug-likeness (QED) is 0.612. The Morgan fingerprint density at radius 2 is 1.72 bits per heavy atom. The summed E-state index contributed by atoms with van der Waals surface area (Å²) in [5.74, 6) is 0.227. The number of carbonyl (C=O) groups excluding carboxylic acids is 1. The van der Waals surface area contributed by atoms with Crippen molar-refractivity contribution in [2.24, 2.45) is 0 Å². The molecule has 0 N–H and O–H groups in total. The highest BCUT2D eigenvalue weighted by atomic mass is 35.5. The number of hydrogen-bond donors (Lipinski definition) is 0. The van der Waals surface area contributed by atoms with E-state index in [4.69, 9.17) is 11.6 Å². The average Bonchev–Trinajstić information content (AvgIpc) is 2.76. The Kier molecular flexibility index (Phi) is 7.69. The predicted octanol–water partition coefficient (Wildman–Crippen LogP) is 3.90. The summed E-state index contributed by atoms with van der Waals surface area (Å²) < 4.78 is 1.31. The number of nitrogens with zero attached hydrogens (tertiary/aromatic N) is 4. The standard InChI is InChI=1S/C22H29ClN4O2/c1-2-3-4-5-9-12-20(28)26-15-13-25(14-16-26)19-17-24-27(22(29)21(19)23)18-10-7-6-8-11-18/h6-8,10-11,17H,2-5,9,12-16H2,1H3. The van der Waals surface area contributed by atoms with E-state index >= 15 is 0 Å². The molecule has 1 aliphatic rings. The highest BCUT2D eigenvalue weighted by Crippen LogP contribution is 2.23. The molecular formula is C22H29ClN4O2. The van der Waals surface area contributed by atoms with Gasteiger partial charge in [0.2, 0.25) is 5.91 Å². The smallest absolute Gasteiger partial charge is 0.292 e. The number of rotatable bonds is 8. The van der Waals surface area contributed by atoms with Crippen molar-refractivity contribution in [1.29, 1.82) is 0 Å². The molecule has 1 amide bonds. The maximum absolute atomic E-state index is 12.7. The monoisotopic (exact) mass is 416 g/mol. The second kappa shape index (κ2) is 10.4. The highest BCUT2D eigenvalue weighted by Gasteiger charge is 2.23. The maximum atomic E-state index is 12.7. The van der Waals surface area contributed by atoms with Crippen LogP contribution >= 0.6 is 11.6 Å². The van der Waals surface area contributed by atoms with Crippen molar-refractivity contribution in [2.75, 3.05) is 31.1 Å². The second-order valence-corrected chi connectivity index (χ2v) is 7.81. The molecule has 2 heterocycles. The van der Waals surface area contributed by atoms with Crippen molar-refractivity contribution in [3.05, 3.63) is 51.9 Å². The van der Waals surface area contributed by atoms with E-state index in [-0.39, 0.29) is 16.5 Å². The Balaban J connectivity index is 1.58. The maximum Gasteiger partial charge on any atom is 0.292 e. The van der Waals surface area contributed by atoms with E-state index in [1.54, 1.807) is 6.20 Å². The fourth-order valence-electron chi connectivity index (χ4n) is 3.63. The first kappa shape index (κ1) is 21.4. The average molecular weight is 417 g/mol. The molecule has 0 bridgehead atoms. The minimum atomic E-state index is -0.332. The molecule has 3 rings (SSSR count). The van der Waals surface area contributed by atoms with Gasteiger partial charge in [0.1, 0.15) is 5.02 Å². The molecule has 0 spiro atoms. The van der Waals surface area contributed by atoms with E-state index in [1.165, 1.54) is 23.9 Å². The van der Waals surface area contributed by atoms with Crippen LogP contribution in [-0.2, 0) is 4.79 Å². The number of benzene rings is 1. The summed E-state index contributed by atoms with van der Waals surface area (Å²) >= 11 is 6.40. The van der Waals surface area contributed by atoms with Gasteiger partial charge < -0.3 is 9.80 Å². The van der Waals surface area contributed by atoms with Crippen molar-refractivity contribution in [1.82, 2.24) is 14.7 Å². The van der Waals surface area contributed by atoms with Gasteiger partial charge in [-0.3, -0.25) is 9.59 Å². The Bertz CT molecular complexity index is 861. The Morgan fingerprint density at radius 3 is 2.41 bits per heavy atom. The molecule has 7 heteroatoms. The molecule has 1 aliphatic heterocycles. The van der Waals surface area contributed by atoms with Crippen LogP contribution in [0.5, 0.6) is 0 Å². The highest BCUT2D eigenvalue weighted by molar-refractivity contribution is 6.33. The number of anilines is 1. The second-order valence-electron chi connectivity index (χ2n) is 7.43. The van der Waals surface area contributed by atoms with E-state index in [9.17, 15) is 9.59 Å². The van der Waals surface area contributed by atoms with Crippen molar-refractivity contribution in [2.45, 2.75) is 45.4 Å². The first-order valence-electron chi connectivity index (χ1n) is 10.5.